The standard InChI is InChI=1S/C19H31N5OS/c1-13(2)14(3)22-17(21-12-20)23-18-24(10-15-8-7-9-25-15)11-16(26-18)19(4,5)6/h11,13-15H,7-10H2,1-6H3,(H,21,22)/t14-,15-/m1/s1. The average Bonchev–Trinajstić information content (AvgIpc) is 3.18. The topological polar surface area (TPSA) is 74.7 Å². The first kappa shape index (κ1) is 20.7. The predicted molar refractivity (Wildman–Crippen MR) is 106 cm³/mol. The highest BCUT2D eigenvalue weighted by atomic mass is 32.1. The zero-order chi connectivity index (χ0) is 19.3. The molecule has 144 valence electrons. The summed E-state index contributed by atoms with van der Waals surface area (Å²) >= 11 is 1.65. The lowest BCUT2D eigenvalue weighted by atomic mass is 9.95. The molecule has 2 rings (SSSR count). The Morgan fingerprint density at radius 2 is 2.19 bits per heavy atom. The van der Waals surface area contributed by atoms with Gasteiger partial charge in [-0.3, -0.25) is 5.32 Å². The van der Waals surface area contributed by atoms with Gasteiger partial charge in [0.05, 0.1) is 18.7 Å². The van der Waals surface area contributed by atoms with Crippen LogP contribution >= 0.6 is 11.3 Å². The normalized spacial score (nSPS) is 20.5. The molecule has 0 saturated carbocycles. The molecule has 1 N–H and O–H groups in total. The van der Waals surface area contributed by atoms with Crippen LogP contribution in [0.5, 0.6) is 0 Å². The lowest BCUT2D eigenvalue weighted by molar-refractivity contribution is 0.0963. The predicted octanol–water partition coefficient (Wildman–Crippen LogP) is 3.40. The van der Waals surface area contributed by atoms with E-state index in [1.54, 1.807) is 11.3 Å². The third kappa shape index (κ3) is 5.68. The van der Waals surface area contributed by atoms with Gasteiger partial charge >= 0.3 is 0 Å². The highest BCUT2D eigenvalue weighted by molar-refractivity contribution is 7.09. The fraction of sp³-hybridized carbons (Fsp3) is 0.737. The molecule has 7 heteroatoms. The van der Waals surface area contributed by atoms with E-state index in [0.717, 1.165) is 30.8 Å². The number of ether oxygens (including phenoxy) is 1. The van der Waals surface area contributed by atoms with Crippen molar-refractivity contribution in [2.24, 2.45) is 15.9 Å². The van der Waals surface area contributed by atoms with Crippen LogP contribution in [-0.4, -0.2) is 29.3 Å². The van der Waals surface area contributed by atoms with Crippen LogP contribution in [0.2, 0.25) is 0 Å². The fourth-order valence-electron chi connectivity index (χ4n) is 2.52. The number of aromatic nitrogens is 1. The van der Waals surface area contributed by atoms with Crippen molar-refractivity contribution in [3.05, 3.63) is 15.9 Å². The molecule has 1 aliphatic rings. The smallest absolute Gasteiger partial charge is 0.234 e. The van der Waals surface area contributed by atoms with E-state index in [2.05, 4.69) is 60.7 Å². The van der Waals surface area contributed by atoms with Crippen molar-refractivity contribution >= 4 is 17.3 Å². The van der Waals surface area contributed by atoms with Gasteiger partial charge in [-0.1, -0.05) is 34.6 Å². The fourth-order valence-corrected chi connectivity index (χ4v) is 3.58. The van der Waals surface area contributed by atoms with Crippen LogP contribution in [0.25, 0.3) is 0 Å². The summed E-state index contributed by atoms with van der Waals surface area (Å²) in [5, 5.41) is 11.7. The second-order valence-corrected chi connectivity index (χ2v) is 9.21. The summed E-state index contributed by atoms with van der Waals surface area (Å²) < 4.78 is 7.95. The van der Waals surface area contributed by atoms with Gasteiger partial charge in [-0.05, 0) is 31.1 Å². The molecule has 0 unspecified atom stereocenters. The average molecular weight is 378 g/mol. The summed E-state index contributed by atoms with van der Waals surface area (Å²) in [6.45, 7) is 14.5. The van der Waals surface area contributed by atoms with Crippen LogP contribution in [-0.2, 0) is 16.7 Å². The van der Waals surface area contributed by atoms with E-state index in [4.69, 9.17) is 10.00 Å². The van der Waals surface area contributed by atoms with Crippen molar-refractivity contribution in [2.75, 3.05) is 6.61 Å². The van der Waals surface area contributed by atoms with Crippen LogP contribution in [0.15, 0.2) is 16.2 Å². The van der Waals surface area contributed by atoms with Crippen molar-refractivity contribution in [3.63, 3.8) is 0 Å². The number of aliphatic imine (C=N–C) groups is 1. The number of thiazole rings is 1. The Hall–Kier alpha value is -1.65. The molecule has 1 aliphatic heterocycles. The Labute approximate surface area is 160 Å². The van der Waals surface area contributed by atoms with Crippen molar-refractivity contribution in [1.29, 1.82) is 5.26 Å². The number of guanidine groups is 1. The Balaban J connectivity index is 2.44. The zero-order valence-electron chi connectivity index (χ0n) is 16.7. The Morgan fingerprint density at radius 3 is 2.73 bits per heavy atom. The Morgan fingerprint density at radius 1 is 1.46 bits per heavy atom. The van der Waals surface area contributed by atoms with Gasteiger partial charge < -0.3 is 9.30 Å². The van der Waals surface area contributed by atoms with Crippen LogP contribution < -0.4 is 10.1 Å². The number of rotatable bonds is 4. The second-order valence-electron chi connectivity index (χ2n) is 8.20. The van der Waals surface area contributed by atoms with Gasteiger partial charge in [0, 0.05) is 17.7 Å². The molecule has 0 radical (unpaired) electrons. The van der Waals surface area contributed by atoms with Crippen molar-refractivity contribution < 1.29 is 4.74 Å². The van der Waals surface area contributed by atoms with Gasteiger partial charge in [0.25, 0.3) is 0 Å². The van der Waals surface area contributed by atoms with Crippen molar-refractivity contribution in [2.45, 2.75) is 78.5 Å². The molecule has 1 aromatic heterocycles. The highest BCUT2D eigenvalue weighted by Gasteiger charge is 2.21. The maximum Gasteiger partial charge on any atom is 0.234 e. The van der Waals surface area contributed by atoms with Crippen LogP contribution in [0, 0.1) is 17.4 Å². The number of nitrogens with one attached hydrogen (secondary N) is 1. The number of nitriles is 1. The minimum absolute atomic E-state index is 0.0436. The molecule has 0 bridgehead atoms. The molecule has 26 heavy (non-hydrogen) atoms. The van der Waals surface area contributed by atoms with Crippen molar-refractivity contribution in [3.8, 4) is 6.19 Å². The zero-order valence-corrected chi connectivity index (χ0v) is 17.6. The van der Waals surface area contributed by atoms with Crippen LogP contribution in [0.4, 0.5) is 0 Å². The van der Waals surface area contributed by atoms with Gasteiger partial charge in [-0.2, -0.15) is 10.3 Å². The molecule has 2 atom stereocenters. The first-order valence-electron chi connectivity index (χ1n) is 9.30. The molecule has 0 aliphatic carbocycles. The molecule has 1 aromatic rings. The third-order valence-corrected chi connectivity index (χ3v) is 5.99. The highest BCUT2D eigenvalue weighted by Crippen LogP contribution is 2.25. The van der Waals surface area contributed by atoms with Gasteiger partial charge in [0.15, 0.2) is 11.0 Å². The minimum atomic E-state index is 0.0436. The van der Waals surface area contributed by atoms with Crippen molar-refractivity contribution in [1.82, 2.24) is 9.88 Å². The lowest BCUT2D eigenvalue weighted by Gasteiger charge is -2.15. The maximum absolute atomic E-state index is 9.07. The van der Waals surface area contributed by atoms with Gasteiger partial charge in [-0.25, -0.2) is 4.99 Å². The molecule has 2 heterocycles. The van der Waals surface area contributed by atoms with E-state index < -0.39 is 0 Å². The summed E-state index contributed by atoms with van der Waals surface area (Å²) in [5.41, 5.74) is 0.0436. The number of hydrogen-bond acceptors (Lipinski definition) is 4. The molecule has 0 spiro atoms. The summed E-state index contributed by atoms with van der Waals surface area (Å²) in [5.74, 6) is 0.755. The maximum atomic E-state index is 9.07. The first-order valence-corrected chi connectivity index (χ1v) is 10.1. The summed E-state index contributed by atoms with van der Waals surface area (Å²) in [4.78, 5) is 11.4. The quantitative estimate of drug-likeness (QED) is 0.378. The van der Waals surface area contributed by atoms with E-state index in [1.165, 1.54) is 4.88 Å². The van der Waals surface area contributed by atoms with E-state index >= 15 is 0 Å². The minimum Gasteiger partial charge on any atom is -0.376 e. The molecule has 1 fully saturated rings. The van der Waals surface area contributed by atoms with Crippen LogP contribution in [0.3, 0.4) is 0 Å². The summed E-state index contributed by atoms with van der Waals surface area (Å²) in [7, 11) is 0. The van der Waals surface area contributed by atoms with E-state index in [9.17, 15) is 0 Å². The van der Waals surface area contributed by atoms with Gasteiger partial charge in [0.1, 0.15) is 0 Å². The van der Waals surface area contributed by atoms with Gasteiger partial charge in [-0.15, -0.1) is 11.3 Å². The summed E-state index contributed by atoms with van der Waals surface area (Å²) in [6.07, 6.45) is 6.55. The van der Waals surface area contributed by atoms with E-state index in [1.807, 2.05) is 13.1 Å². The number of hydrogen-bond donors (Lipinski definition) is 1. The lowest BCUT2D eigenvalue weighted by Crippen LogP contribution is -2.27. The van der Waals surface area contributed by atoms with E-state index in [0.29, 0.717) is 11.9 Å². The SMILES string of the molecule is CC(C)[C@@H](C)N=C(N=c1sc(C(C)(C)C)cn1C[C@H]1CCCO1)NC#N. The molecular formula is C19H31N5OS. The molecule has 6 nitrogen and oxygen atoms in total. The van der Waals surface area contributed by atoms with E-state index in [-0.39, 0.29) is 17.6 Å². The molecule has 1 saturated heterocycles. The molecule has 0 amide bonds. The Kier molecular flexibility index (Phi) is 7.01. The first-order chi connectivity index (χ1) is 12.2. The monoisotopic (exact) mass is 377 g/mol. The second kappa shape index (κ2) is 8.83. The van der Waals surface area contributed by atoms with Gasteiger partial charge in [0.2, 0.25) is 5.96 Å². The molecule has 0 aromatic carbocycles. The Bertz CT molecular complexity index is 726. The third-order valence-electron chi connectivity index (χ3n) is 4.54. The van der Waals surface area contributed by atoms with Crippen LogP contribution in [0.1, 0.15) is 59.3 Å². The largest absolute Gasteiger partial charge is 0.376 e. The molecular weight excluding hydrogens is 346 g/mol. The number of nitrogens with zero attached hydrogens (tertiary/aromatic N) is 4. The summed E-state index contributed by atoms with van der Waals surface area (Å²) in [6, 6.07) is 0.0864.